The quantitative estimate of drug-likeness (QED) is 0.604. The average Bonchev–Trinajstić information content (AvgIpc) is 2.66. The maximum absolute atomic E-state index is 14.0. The lowest BCUT2D eigenvalue weighted by molar-refractivity contribution is 0.0168. The van der Waals surface area contributed by atoms with Crippen LogP contribution in [0.2, 0.25) is 0 Å². The molecule has 0 spiro atoms. The smallest absolute Gasteiger partial charge is 0.404 e. The number of hydrogen-bond acceptors (Lipinski definition) is 6. The molecular formula is C19H22F2N6O2. The van der Waals surface area contributed by atoms with Gasteiger partial charge in [-0.05, 0) is 36.5 Å². The molecule has 0 saturated carbocycles. The molecule has 2 aliphatic rings. The van der Waals surface area contributed by atoms with Crippen LogP contribution in [-0.4, -0.2) is 47.9 Å². The molecule has 154 valence electrons. The van der Waals surface area contributed by atoms with Crippen LogP contribution in [0, 0.1) is 34.8 Å². The van der Waals surface area contributed by atoms with Crippen molar-refractivity contribution < 1.29 is 18.7 Å². The number of piperidine rings is 1. The van der Waals surface area contributed by atoms with Gasteiger partial charge in [0.2, 0.25) is 5.91 Å². The summed E-state index contributed by atoms with van der Waals surface area (Å²) in [5, 5.41) is 23.1. The molecule has 5 N–H and O–H groups in total. The number of aliphatic imine (C=N–C) groups is 1. The fourth-order valence-corrected chi connectivity index (χ4v) is 3.80. The van der Waals surface area contributed by atoms with Crippen LogP contribution in [0.25, 0.3) is 5.70 Å². The van der Waals surface area contributed by atoms with Gasteiger partial charge in [0.1, 0.15) is 23.3 Å². The zero-order valence-electron chi connectivity index (χ0n) is 15.8. The summed E-state index contributed by atoms with van der Waals surface area (Å²) < 4.78 is 28.0. The maximum atomic E-state index is 14.0. The Balaban J connectivity index is 1.80. The molecule has 2 aliphatic heterocycles. The monoisotopic (exact) mass is 404 g/mol. The van der Waals surface area contributed by atoms with Gasteiger partial charge < -0.3 is 15.7 Å². The number of likely N-dealkylation sites (tertiary alicyclic amines) is 1. The number of amides is 1. The van der Waals surface area contributed by atoms with Crippen molar-refractivity contribution >= 4 is 18.0 Å². The number of hydrogen-bond donors (Lipinski definition) is 4. The first-order chi connectivity index (χ1) is 13.7. The lowest BCUT2D eigenvalue weighted by Gasteiger charge is -2.46. The number of benzene rings is 1. The fraction of sp³-hybridized carbons (Fsp3) is 0.421. The Morgan fingerprint density at radius 2 is 2.17 bits per heavy atom. The summed E-state index contributed by atoms with van der Waals surface area (Å²) in [6.07, 6.45) is 2.76. The summed E-state index contributed by atoms with van der Waals surface area (Å²) in [6, 6.07) is 3.63. The summed E-state index contributed by atoms with van der Waals surface area (Å²) >= 11 is 0. The number of carboxylic acid groups (broad SMARTS) is 1. The highest BCUT2D eigenvalue weighted by atomic mass is 19.1. The van der Waals surface area contributed by atoms with Gasteiger partial charge in [0.05, 0.1) is 0 Å². The van der Waals surface area contributed by atoms with Crippen molar-refractivity contribution in [2.45, 2.75) is 19.3 Å². The van der Waals surface area contributed by atoms with Crippen molar-refractivity contribution in [3.8, 4) is 6.07 Å². The number of rotatable bonds is 4. The number of allylic oxidation sites excluding steroid dienone is 1. The lowest BCUT2D eigenvalue weighted by atomic mass is 9.90. The molecule has 1 aromatic carbocycles. The Morgan fingerprint density at radius 1 is 1.48 bits per heavy atom. The third kappa shape index (κ3) is 4.52. The molecule has 1 aromatic rings. The van der Waals surface area contributed by atoms with Crippen molar-refractivity contribution in [1.82, 2.24) is 15.5 Å². The Morgan fingerprint density at radius 3 is 2.79 bits per heavy atom. The van der Waals surface area contributed by atoms with Gasteiger partial charge in [0, 0.05) is 37.1 Å². The van der Waals surface area contributed by atoms with E-state index in [4.69, 9.17) is 16.1 Å². The number of nitrogens with two attached hydrogens (primary N) is 1. The van der Waals surface area contributed by atoms with Gasteiger partial charge >= 0.3 is 6.09 Å². The molecule has 1 unspecified atom stereocenters. The molecule has 0 radical (unpaired) electrons. The van der Waals surface area contributed by atoms with Gasteiger partial charge in [-0.2, -0.15) is 5.26 Å². The van der Waals surface area contributed by atoms with E-state index in [2.05, 4.69) is 15.6 Å². The van der Waals surface area contributed by atoms with Crippen LogP contribution in [0.15, 0.2) is 23.2 Å². The molecule has 10 heteroatoms. The zero-order valence-corrected chi connectivity index (χ0v) is 15.8. The summed E-state index contributed by atoms with van der Waals surface area (Å²) in [5.74, 6) is -2.96. The van der Waals surface area contributed by atoms with E-state index in [0.29, 0.717) is 25.3 Å². The molecule has 0 aromatic heterocycles. The van der Waals surface area contributed by atoms with E-state index in [1.807, 2.05) is 11.8 Å². The van der Waals surface area contributed by atoms with Crippen molar-refractivity contribution in [2.75, 3.05) is 19.6 Å². The minimum absolute atomic E-state index is 0.0476. The van der Waals surface area contributed by atoms with E-state index in [0.717, 1.165) is 18.6 Å². The van der Waals surface area contributed by atoms with Crippen molar-refractivity contribution in [1.29, 1.82) is 5.26 Å². The molecule has 8 nitrogen and oxygen atoms in total. The third-order valence-corrected chi connectivity index (χ3v) is 5.07. The first-order valence-electron chi connectivity index (χ1n) is 9.15. The lowest BCUT2D eigenvalue weighted by Crippen LogP contribution is -2.67. The van der Waals surface area contributed by atoms with Gasteiger partial charge in [-0.25, -0.2) is 23.5 Å². The largest absolute Gasteiger partial charge is 0.465 e. The molecule has 1 saturated heterocycles. The Kier molecular flexibility index (Phi) is 5.81. The van der Waals surface area contributed by atoms with Crippen LogP contribution in [0.3, 0.4) is 0 Å². The normalized spacial score (nSPS) is 26.9. The third-order valence-electron chi connectivity index (χ3n) is 5.07. The van der Waals surface area contributed by atoms with Crippen LogP contribution < -0.4 is 16.4 Å². The van der Waals surface area contributed by atoms with Crippen molar-refractivity contribution in [3.63, 3.8) is 0 Å². The molecule has 0 aliphatic carbocycles. The van der Waals surface area contributed by atoms with E-state index in [-0.39, 0.29) is 17.4 Å². The zero-order chi connectivity index (χ0) is 21.2. The molecule has 1 fully saturated rings. The Labute approximate surface area is 166 Å². The predicted octanol–water partition coefficient (Wildman–Crippen LogP) is 1.65. The molecule has 3 rings (SSSR count). The van der Waals surface area contributed by atoms with E-state index in [1.54, 1.807) is 6.08 Å². The first kappa shape index (κ1) is 20.7. The van der Waals surface area contributed by atoms with Crippen LogP contribution in [-0.2, 0) is 0 Å². The molecule has 0 bridgehead atoms. The second-order valence-electron chi connectivity index (χ2n) is 7.43. The highest BCUT2D eigenvalue weighted by Gasteiger charge is 2.39. The highest BCUT2D eigenvalue weighted by molar-refractivity contribution is 5.86. The number of nitrogens with one attached hydrogen (secondary N) is 2. The van der Waals surface area contributed by atoms with Crippen LogP contribution in [0.5, 0.6) is 0 Å². The number of nitriles is 1. The standard InChI is InChI=1S/C19H22F2N6O2/c1-11-4-12(8-24-18(28)29)10-27(9-11)19(23)25-3-2-17(26-19)13-5-15(20)14(7-22)16(21)6-13/h2-3,5-6,11-12,24,26H,4,8-10,23H2,1H3,(H,28,29)/t11-,12-,19?/m1/s1. The van der Waals surface area contributed by atoms with E-state index in [1.165, 1.54) is 12.3 Å². The Bertz CT molecular complexity index is 889. The van der Waals surface area contributed by atoms with Gasteiger partial charge in [0.25, 0.3) is 0 Å². The minimum atomic E-state index is -1.35. The number of nitrogens with zero attached hydrogens (tertiary/aromatic N) is 3. The number of halogens is 2. The minimum Gasteiger partial charge on any atom is -0.465 e. The molecular weight excluding hydrogens is 382 g/mol. The maximum Gasteiger partial charge on any atom is 0.404 e. The van der Waals surface area contributed by atoms with E-state index >= 15 is 0 Å². The summed E-state index contributed by atoms with van der Waals surface area (Å²) in [6.45, 7) is 3.45. The fourth-order valence-electron chi connectivity index (χ4n) is 3.80. The highest BCUT2D eigenvalue weighted by Crippen LogP contribution is 2.28. The molecule has 1 amide bonds. The summed E-state index contributed by atoms with van der Waals surface area (Å²) in [4.78, 5) is 17.0. The number of carbonyl (C=O) groups is 1. The average molecular weight is 404 g/mol. The second kappa shape index (κ2) is 8.14. The summed E-state index contributed by atoms with van der Waals surface area (Å²) in [7, 11) is 0. The topological polar surface area (TPSA) is 127 Å². The van der Waals surface area contributed by atoms with Crippen LogP contribution in [0.1, 0.15) is 24.5 Å². The van der Waals surface area contributed by atoms with Crippen molar-refractivity contribution in [2.24, 2.45) is 22.6 Å². The van der Waals surface area contributed by atoms with Gasteiger partial charge in [-0.3, -0.25) is 5.73 Å². The second-order valence-corrected chi connectivity index (χ2v) is 7.43. The van der Waals surface area contributed by atoms with Gasteiger partial charge in [-0.1, -0.05) is 6.92 Å². The SMILES string of the molecule is C[C@@H]1C[C@H](CNC(=O)O)CN(C2(N)N=CC=C(c3cc(F)c(C#N)c(F)c3)N2)C1. The summed E-state index contributed by atoms with van der Waals surface area (Å²) in [5.41, 5.74) is 6.40. The van der Waals surface area contributed by atoms with Gasteiger partial charge in [0.15, 0.2) is 0 Å². The van der Waals surface area contributed by atoms with E-state index < -0.39 is 29.2 Å². The predicted molar refractivity (Wildman–Crippen MR) is 102 cm³/mol. The molecule has 29 heavy (non-hydrogen) atoms. The van der Waals surface area contributed by atoms with Crippen LogP contribution in [0.4, 0.5) is 13.6 Å². The molecule has 3 atom stereocenters. The first-order valence-corrected chi connectivity index (χ1v) is 9.15. The molecule has 2 heterocycles. The van der Waals surface area contributed by atoms with Crippen LogP contribution >= 0.6 is 0 Å². The van der Waals surface area contributed by atoms with Gasteiger partial charge in [-0.15, -0.1) is 0 Å². The van der Waals surface area contributed by atoms with E-state index in [9.17, 15) is 13.6 Å². The van der Waals surface area contributed by atoms with Crippen molar-refractivity contribution in [3.05, 3.63) is 41.0 Å². The Hall–Kier alpha value is -3.03.